The van der Waals surface area contributed by atoms with Crippen LogP contribution in [0.15, 0.2) is 48.5 Å². The molecular weight excluding hydrogens is 358 g/mol. The molecule has 3 amide bonds. The molecule has 1 unspecified atom stereocenters. The van der Waals surface area contributed by atoms with E-state index in [2.05, 4.69) is 16.2 Å². The number of ether oxygens (including phenoxy) is 1. The summed E-state index contributed by atoms with van der Waals surface area (Å²) in [6.45, 7) is 1.50. The van der Waals surface area contributed by atoms with E-state index in [9.17, 15) is 14.4 Å². The molecule has 2 rings (SSSR count). The first-order valence-electron chi connectivity index (χ1n) is 7.72. The Labute approximate surface area is 155 Å². The minimum Gasteiger partial charge on any atom is -0.496 e. The zero-order valence-electron chi connectivity index (χ0n) is 14.2. The zero-order valence-corrected chi connectivity index (χ0v) is 15.0. The molecule has 0 heterocycles. The number of carbonyl (C=O) groups is 3. The fourth-order valence-electron chi connectivity index (χ4n) is 2.09. The number of benzene rings is 2. The van der Waals surface area contributed by atoms with Crippen LogP contribution >= 0.6 is 11.6 Å². The van der Waals surface area contributed by atoms with Gasteiger partial charge in [0.2, 0.25) is 0 Å². The van der Waals surface area contributed by atoms with Gasteiger partial charge in [0.15, 0.2) is 0 Å². The van der Waals surface area contributed by atoms with Gasteiger partial charge in [-0.25, -0.2) is 0 Å². The van der Waals surface area contributed by atoms with E-state index in [-0.39, 0.29) is 5.56 Å². The van der Waals surface area contributed by atoms with E-state index in [1.165, 1.54) is 20.1 Å². The van der Waals surface area contributed by atoms with E-state index in [1.54, 1.807) is 42.5 Å². The maximum Gasteiger partial charge on any atom is 0.273 e. The summed E-state index contributed by atoms with van der Waals surface area (Å²) in [5, 5.41) is 2.90. The van der Waals surface area contributed by atoms with Crippen LogP contribution in [-0.2, 0) is 4.79 Å². The fraction of sp³-hybridized carbons (Fsp3) is 0.167. The van der Waals surface area contributed by atoms with Gasteiger partial charge in [0.25, 0.3) is 17.7 Å². The molecular formula is C18H18ClN3O4. The molecule has 0 bridgehead atoms. The topological polar surface area (TPSA) is 96.5 Å². The molecule has 26 heavy (non-hydrogen) atoms. The highest BCUT2D eigenvalue weighted by Gasteiger charge is 2.18. The van der Waals surface area contributed by atoms with Crippen molar-refractivity contribution in [3.8, 4) is 5.75 Å². The number of rotatable bonds is 5. The van der Waals surface area contributed by atoms with Gasteiger partial charge in [-0.2, -0.15) is 0 Å². The summed E-state index contributed by atoms with van der Waals surface area (Å²) in [7, 11) is 1.42. The fourth-order valence-corrected chi connectivity index (χ4v) is 2.26. The molecule has 0 fully saturated rings. The van der Waals surface area contributed by atoms with Gasteiger partial charge in [0.05, 0.1) is 12.7 Å². The Balaban J connectivity index is 1.92. The molecule has 2 aromatic carbocycles. The third-order valence-electron chi connectivity index (χ3n) is 3.48. The lowest BCUT2D eigenvalue weighted by atomic mass is 10.2. The van der Waals surface area contributed by atoms with Crippen molar-refractivity contribution in [3.05, 3.63) is 64.7 Å². The Bertz CT molecular complexity index is 811. The van der Waals surface area contributed by atoms with E-state index in [0.29, 0.717) is 16.3 Å². The second kappa shape index (κ2) is 8.87. The summed E-state index contributed by atoms with van der Waals surface area (Å²) in [5.41, 5.74) is 5.12. The van der Waals surface area contributed by atoms with Gasteiger partial charge in [-0.15, -0.1) is 0 Å². The van der Waals surface area contributed by atoms with E-state index in [1.807, 2.05) is 0 Å². The van der Waals surface area contributed by atoms with E-state index in [0.717, 1.165) is 0 Å². The molecule has 0 radical (unpaired) electrons. The molecule has 0 spiro atoms. The normalized spacial score (nSPS) is 11.2. The molecule has 1 atom stereocenters. The number of methoxy groups -OCH3 is 1. The molecule has 0 aliphatic rings. The van der Waals surface area contributed by atoms with Gasteiger partial charge in [-0.05, 0) is 37.3 Å². The van der Waals surface area contributed by atoms with Crippen molar-refractivity contribution in [2.45, 2.75) is 13.0 Å². The van der Waals surface area contributed by atoms with Crippen molar-refractivity contribution in [1.82, 2.24) is 16.2 Å². The molecule has 0 saturated heterocycles. The first-order chi connectivity index (χ1) is 12.4. The number of hydrogen-bond acceptors (Lipinski definition) is 4. The van der Waals surface area contributed by atoms with Crippen molar-refractivity contribution < 1.29 is 19.1 Å². The first-order valence-corrected chi connectivity index (χ1v) is 8.10. The predicted octanol–water partition coefficient (Wildman–Crippen LogP) is 1.93. The van der Waals surface area contributed by atoms with Gasteiger partial charge in [0.1, 0.15) is 11.8 Å². The van der Waals surface area contributed by atoms with Crippen molar-refractivity contribution in [2.75, 3.05) is 7.11 Å². The number of hydrazine groups is 1. The standard InChI is InChI=1S/C18H18ClN3O4/c1-11(20-17(24)12-6-4-3-5-7-12)16(23)21-22-18(25)14-10-13(19)8-9-15(14)26-2/h3-11H,1-2H3,(H,20,24)(H,21,23)(H,22,25). The lowest BCUT2D eigenvalue weighted by Gasteiger charge is -2.15. The van der Waals surface area contributed by atoms with Gasteiger partial charge in [0, 0.05) is 10.6 Å². The minimum absolute atomic E-state index is 0.168. The monoisotopic (exact) mass is 375 g/mol. The van der Waals surface area contributed by atoms with Crippen LogP contribution in [0.2, 0.25) is 5.02 Å². The maximum atomic E-state index is 12.2. The molecule has 7 nitrogen and oxygen atoms in total. The number of halogens is 1. The molecule has 136 valence electrons. The summed E-state index contributed by atoms with van der Waals surface area (Å²) >= 11 is 5.88. The summed E-state index contributed by atoms with van der Waals surface area (Å²) < 4.78 is 5.09. The third-order valence-corrected chi connectivity index (χ3v) is 3.72. The Hall–Kier alpha value is -3.06. The molecule has 0 aliphatic carbocycles. The van der Waals surface area contributed by atoms with Crippen molar-refractivity contribution in [3.63, 3.8) is 0 Å². The Kier molecular flexibility index (Phi) is 6.57. The largest absolute Gasteiger partial charge is 0.496 e. The number of nitrogens with one attached hydrogen (secondary N) is 3. The van der Waals surface area contributed by atoms with Gasteiger partial charge in [-0.1, -0.05) is 29.8 Å². The van der Waals surface area contributed by atoms with Crippen LogP contribution in [0.5, 0.6) is 5.75 Å². The Morgan fingerprint density at radius 1 is 1.00 bits per heavy atom. The highest BCUT2D eigenvalue weighted by molar-refractivity contribution is 6.31. The maximum absolute atomic E-state index is 12.2. The van der Waals surface area contributed by atoms with Crippen molar-refractivity contribution >= 4 is 29.3 Å². The van der Waals surface area contributed by atoms with E-state index < -0.39 is 23.8 Å². The SMILES string of the molecule is COc1ccc(Cl)cc1C(=O)NNC(=O)C(C)NC(=O)c1ccccc1. The van der Waals surface area contributed by atoms with Crippen LogP contribution < -0.4 is 20.9 Å². The zero-order chi connectivity index (χ0) is 19.1. The number of hydrogen-bond donors (Lipinski definition) is 3. The molecule has 3 N–H and O–H groups in total. The van der Waals surface area contributed by atoms with Crippen LogP contribution in [0.4, 0.5) is 0 Å². The molecule has 2 aromatic rings. The molecule has 0 saturated carbocycles. The molecule has 0 aromatic heterocycles. The molecule has 8 heteroatoms. The van der Waals surface area contributed by atoms with Crippen LogP contribution in [-0.4, -0.2) is 30.9 Å². The van der Waals surface area contributed by atoms with Crippen molar-refractivity contribution in [2.24, 2.45) is 0 Å². The second-order valence-corrected chi connectivity index (χ2v) is 5.79. The minimum atomic E-state index is -0.857. The lowest BCUT2D eigenvalue weighted by Crippen LogP contribution is -2.51. The number of carbonyl (C=O) groups excluding carboxylic acids is 3. The first kappa shape index (κ1) is 19.3. The van der Waals surface area contributed by atoms with E-state index >= 15 is 0 Å². The third kappa shape index (κ3) is 4.97. The van der Waals surface area contributed by atoms with Crippen LogP contribution in [0.1, 0.15) is 27.6 Å². The molecule has 0 aliphatic heterocycles. The van der Waals surface area contributed by atoms with Gasteiger partial charge < -0.3 is 10.1 Å². The predicted molar refractivity (Wildman–Crippen MR) is 97.0 cm³/mol. The summed E-state index contributed by atoms with van der Waals surface area (Å²) in [6, 6.07) is 12.2. The quantitative estimate of drug-likeness (QED) is 0.696. The summed E-state index contributed by atoms with van der Waals surface area (Å²) in [6.07, 6.45) is 0. The second-order valence-electron chi connectivity index (χ2n) is 5.35. The summed E-state index contributed by atoms with van der Waals surface area (Å²) in [4.78, 5) is 36.3. The van der Waals surface area contributed by atoms with Crippen LogP contribution in [0.25, 0.3) is 0 Å². The highest BCUT2D eigenvalue weighted by Crippen LogP contribution is 2.22. The van der Waals surface area contributed by atoms with Crippen molar-refractivity contribution in [1.29, 1.82) is 0 Å². The van der Waals surface area contributed by atoms with Crippen LogP contribution in [0.3, 0.4) is 0 Å². The van der Waals surface area contributed by atoms with Gasteiger partial charge >= 0.3 is 0 Å². The van der Waals surface area contributed by atoms with E-state index in [4.69, 9.17) is 16.3 Å². The highest BCUT2D eigenvalue weighted by atomic mass is 35.5. The Morgan fingerprint density at radius 3 is 2.35 bits per heavy atom. The van der Waals surface area contributed by atoms with Crippen LogP contribution in [0, 0.1) is 0 Å². The lowest BCUT2D eigenvalue weighted by molar-refractivity contribution is -0.123. The number of amides is 3. The smallest absolute Gasteiger partial charge is 0.273 e. The average Bonchev–Trinajstić information content (AvgIpc) is 2.66. The summed E-state index contributed by atoms with van der Waals surface area (Å²) in [5.74, 6) is -1.26. The van der Waals surface area contributed by atoms with Gasteiger partial charge in [-0.3, -0.25) is 25.2 Å². The average molecular weight is 376 g/mol. The Morgan fingerprint density at radius 2 is 1.69 bits per heavy atom.